The fourth-order valence-corrected chi connectivity index (χ4v) is 6.84. The Labute approximate surface area is 250 Å². The summed E-state index contributed by atoms with van der Waals surface area (Å²) in [5.41, 5.74) is 3.22. The lowest BCUT2D eigenvalue weighted by Gasteiger charge is -2.29. The highest BCUT2D eigenvalue weighted by molar-refractivity contribution is 8.15. The Hall–Kier alpha value is -3.88. The maximum absolute atomic E-state index is 13.0. The SMILES string of the molecule is COc1cccc(-c2nc(CO[C@H]3CCC[C@@H](CCC4SC(=O)N(c5ccccc5)C4=O)C3)c(-c3ccccc3)o2)c1. The van der Waals surface area contributed by atoms with E-state index >= 15 is 0 Å². The maximum atomic E-state index is 13.0. The van der Waals surface area contributed by atoms with Gasteiger partial charge in [0.25, 0.3) is 5.24 Å². The van der Waals surface area contributed by atoms with E-state index < -0.39 is 0 Å². The average Bonchev–Trinajstić information content (AvgIpc) is 3.60. The van der Waals surface area contributed by atoms with Crippen LogP contribution in [0.4, 0.5) is 10.5 Å². The third kappa shape index (κ3) is 6.30. The van der Waals surface area contributed by atoms with Crippen LogP contribution < -0.4 is 9.64 Å². The fourth-order valence-electron chi connectivity index (χ4n) is 5.83. The van der Waals surface area contributed by atoms with Crippen molar-refractivity contribution in [3.8, 4) is 28.5 Å². The summed E-state index contributed by atoms with van der Waals surface area (Å²) in [5, 5.41) is -0.506. The van der Waals surface area contributed by atoms with E-state index in [0.717, 1.165) is 66.4 Å². The third-order valence-electron chi connectivity index (χ3n) is 8.01. The number of aromatic nitrogens is 1. The summed E-state index contributed by atoms with van der Waals surface area (Å²) in [4.78, 5) is 31.8. The Morgan fingerprint density at radius 2 is 1.69 bits per heavy atom. The second kappa shape index (κ2) is 13.0. The Bertz CT molecular complexity index is 1520. The molecule has 42 heavy (non-hydrogen) atoms. The largest absolute Gasteiger partial charge is 0.497 e. The van der Waals surface area contributed by atoms with E-state index in [-0.39, 0.29) is 22.5 Å². The maximum Gasteiger partial charge on any atom is 0.293 e. The predicted octanol–water partition coefficient (Wildman–Crippen LogP) is 8.14. The van der Waals surface area contributed by atoms with Gasteiger partial charge in [0.05, 0.1) is 30.8 Å². The van der Waals surface area contributed by atoms with E-state index in [1.807, 2.05) is 72.8 Å². The van der Waals surface area contributed by atoms with Gasteiger partial charge in [0.1, 0.15) is 11.4 Å². The lowest BCUT2D eigenvalue weighted by Crippen LogP contribution is -2.31. The molecule has 1 saturated carbocycles. The number of imide groups is 1. The van der Waals surface area contributed by atoms with Crippen molar-refractivity contribution >= 4 is 28.6 Å². The van der Waals surface area contributed by atoms with Gasteiger partial charge in [0, 0.05) is 11.1 Å². The molecule has 0 spiro atoms. The van der Waals surface area contributed by atoms with E-state index in [9.17, 15) is 9.59 Å². The van der Waals surface area contributed by atoms with Gasteiger partial charge in [-0.3, -0.25) is 9.59 Å². The minimum absolute atomic E-state index is 0.105. The number of nitrogens with zero attached hydrogens (tertiary/aromatic N) is 2. The zero-order valence-corrected chi connectivity index (χ0v) is 24.4. The normalized spacial score (nSPS) is 20.7. The second-order valence-corrected chi connectivity index (χ2v) is 12.0. The lowest BCUT2D eigenvalue weighted by molar-refractivity contribution is -0.117. The minimum Gasteiger partial charge on any atom is -0.497 e. The van der Waals surface area contributed by atoms with Gasteiger partial charge >= 0.3 is 0 Å². The summed E-state index contributed by atoms with van der Waals surface area (Å²) in [6.07, 6.45) is 5.83. The van der Waals surface area contributed by atoms with Gasteiger partial charge in [-0.15, -0.1) is 0 Å². The molecule has 1 aliphatic heterocycles. The molecule has 3 aromatic carbocycles. The summed E-state index contributed by atoms with van der Waals surface area (Å²) >= 11 is 1.16. The monoisotopic (exact) mass is 582 g/mol. The van der Waals surface area contributed by atoms with E-state index in [2.05, 4.69) is 0 Å². The summed E-state index contributed by atoms with van der Waals surface area (Å²) in [6, 6.07) is 26.9. The van der Waals surface area contributed by atoms with Crippen molar-refractivity contribution in [2.75, 3.05) is 12.0 Å². The van der Waals surface area contributed by atoms with Gasteiger partial charge in [-0.2, -0.15) is 0 Å². The van der Waals surface area contributed by atoms with Gasteiger partial charge < -0.3 is 13.9 Å². The number of hydrogen-bond acceptors (Lipinski definition) is 7. The zero-order valence-electron chi connectivity index (χ0n) is 23.6. The van der Waals surface area contributed by atoms with Crippen molar-refractivity contribution in [3.63, 3.8) is 0 Å². The number of amides is 2. The molecule has 0 radical (unpaired) electrons. The van der Waals surface area contributed by atoms with Crippen molar-refractivity contribution in [2.24, 2.45) is 5.92 Å². The Morgan fingerprint density at radius 3 is 2.48 bits per heavy atom. The molecule has 1 unspecified atom stereocenters. The molecule has 2 fully saturated rings. The number of para-hydroxylation sites is 1. The van der Waals surface area contributed by atoms with Crippen LogP contribution in [0.15, 0.2) is 89.3 Å². The van der Waals surface area contributed by atoms with Gasteiger partial charge in [-0.05, 0) is 61.9 Å². The number of oxazole rings is 1. The number of carbonyl (C=O) groups excluding carboxylic acids is 2. The van der Waals surface area contributed by atoms with Gasteiger partial charge in [-0.1, -0.05) is 79.2 Å². The number of methoxy groups -OCH3 is 1. The highest BCUT2D eigenvalue weighted by Crippen LogP contribution is 2.38. The van der Waals surface area contributed by atoms with Crippen LogP contribution in [0.5, 0.6) is 5.75 Å². The van der Waals surface area contributed by atoms with Crippen LogP contribution in [0.3, 0.4) is 0 Å². The number of rotatable bonds is 10. The molecule has 2 aliphatic rings. The third-order valence-corrected chi connectivity index (χ3v) is 9.12. The van der Waals surface area contributed by atoms with Gasteiger partial charge in [0.15, 0.2) is 5.76 Å². The van der Waals surface area contributed by atoms with Crippen molar-refractivity contribution in [1.29, 1.82) is 0 Å². The minimum atomic E-state index is -0.322. The van der Waals surface area contributed by atoms with Crippen molar-refractivity contribution < 1.29 is 23.5 Å². The average molecular weight is 583 g/mol. The van der Waals surface area contributed by atoms with E-state index in [1.165, 1.54) is 4.90 Å². The summed E-state index contributed by atoms with van der Waals surface area (Å²) in [7, 11) is 1.64. The molecule has 0 N–H and O–H groups in total. The number of thioether (sulfide) groups is 1. The molecule has 1 saturated heterocycles. The van der Waals surface area contributed by atoms with Crippen LogP contribution in [0, 0.1) is 5.92 Å². The molecule has 3 atom stereocenters. The first-order valence-corrected chi connectivity index (χ1v) is 15.4. The Morgan fingerprint density at radius 1 is 0.929 bits per heavy atom. The van der Waals surface area contributed by atoms with Gasteiger partial charge in [0.2, 0.25) is 11.8 Å². The second-order valence-electron chi connectivity index (χ2n) is 10.8. The Kier molecular flexibility index (Phi) is 8.72. The number of hydrogen-bond donors (Lipinski definition) is 0. The number of anilines is 1. The first kappa shape index (κ1) is 28.2. The van der Waals surface area contributed by atoms with Gasteiger partial charge in [-0.25, -0.2) is 9.88 Å². The molecule has 216 valence electrons. The van der Waals surface area contributed by atoms with Crippen LogP contribution in [-0.2, 0) is 16.1 Å². The molecule has 1 aromatic heterocycles. The van der Waals surface area contributed by atoms with Crippen molar-refractivity contribution in [2.45, 2.75) is 56.5 Å². The standard InChI is InChI=1S/C34H34N2O5S/c1-39-27-16-9-13-25(21-27)32-35-29(31(41-32)24-11-4-2-5-12-24)22-40-28-17-8-10-23(20-28)18-19-30-33(37)36(34(38)42-30)26-14-6-3-7-15-26/h2-7,9,11-16,21,23,28,30H,8,10,17-20,22H2,1H3/t23-,28-,30?/m0/s1. The van der Waals surface area contributed by atoms with Crippen LogP contribution in [0.25, 0.3) is 22.8 Å². The lowest BCUT2D eigenvalue weighted by atomic mass is 9.84. The van der Waals surface area contributed by atoms with Crippen LogP contribution >= 0.6 is 11.8 Å². The highest BCUT2D eigenvalue weighted by Gasteiger charge is 2.40. The van der Waals surface area contributed by atoms with E-state index in [0.29, 0.717) is 36.3 Å². The summed E-state index contributed by atoms with van der Waals surface area (Å²) in [5.74, 6) is 2.34. The van der Waals surface area contributed by atoms with Crippen molar-refractivity contribution in [1.82, 2.24) is 4.98 Å². The molecule has 8 heteroatoms. The summed E-state index contributed by atoms with van der Waals surface area (Å²) in [6.45, 7) is 0.354. The molecule has 2 amide bonds. The molecular weight excluding hydrogens is 548 g/mol. The molecule has 0 bridgehead atoms. The van der Waals surface area contributed by atoms with E-state index in [1.54, 1.807) is 19.2 Å². The molecule has 6 rings (SSSR count). The van der Waals surface area contributed by atoms with Crippen LogP contribution in [0.2, 0.25) is 0 Å². The van der Waals surface area contributed by atoms with Crippen molar-refractivity contribution in [3.05, 3.63) is 90.6 Å². The Balaban J connectivity index is 1.09. The zero-order chi connectivity index (χ0) is 28.9. The molecule has 2 heterocycles. The smallest absolute Gasteiger partial charge is 0.293 e. The summed E-state index contributed by atoms with van der Waals surface area (Å²) < 4.78 is 18.1. The van der Waals surface area contributed by atoms with E-state index in [4.69, 9.17) is 18.9 Å². The fraction of sp³-hybridized carbons (Fsp3) is 0.324. The molecule has 4 aromatic rings. The van der Waals surface area contributed by atoms with Crippen LogP contribution in [0.1, 0.15) is 44.2 Å². The van der Waals surface area contributed by atoms with Crippen LogP contribution in [-0.4, -0.2) is 34.6 Å². The number of carbonyl (C=O) groups is 2. The molecule has 7 nitrogen and oxygen atoms in total. The highest BCUT2D eigenvalue weighted by atomic mass is 32.2. The first-order chi connectivity index (χ1) is 20.6. The first-order valence-electron chi connectivity index (χ1n) is 14.5. The molecular formula is C34H34N2O5S. The quantitative estimate of drug-likeness (QED) is 0.187. The molecule has 1 aliphatic carbocycles. The predicted molar refractivity (Wildman–Crippen MR) is 164 cm³/mol. The number of ether oxygens (including phenoxy) is 2. The topological polar surface area (TPSA) is 81.9 Å². The number of benzene rings is 3.